The van der Waals surface area contributed by atoms with E-state index in [1.165, 1.54) is 10.0 Å². The van der Waals surface area contributed by atoms with Gasteiger partial charge in [0.2, 0.25) is 0 Å². The molecule has 137 valence electrons. The molecule has 0 N–H and O–H groups in total. The lowest BCUT2D eigenvalue weighted by molar-refractivity contribution is 0.104. The van der Waals surface area contributed by atoms with Crippen LogP contribution in [0.4, 0.5) is 4.79 Å². The summed E-state index contributed by atoms with van der Waals surface area (Å²) in [5.41, 5.74) is 8.00. The summed E-state index contributed by atoms with van der Waals surface area (Å²) < 4.78 is 0. The quantitative estimate of drug-likeness (QED) is 0.828. The Hall–Kier alpha value is -3.33. The van der Waals surface area contributed by atoms with Crippen LogP contribution in [0.3, 0.4) is 0 Å². The van der Waals surface area contributed by atoms with Gasteiger partial charge < -0.3 is 0 Å². The fourth-order valence-electron chi connectivity index (χ4n) is 2.75. The fourth-order valence-corrected chi connectivity index (χ4v) is 2.75. The fraction of sp³-hybridized carbons (Fsp3) is 0.286. The Kier molecular flexibility index (Phi) is 5.13. The lowest BCUT2D eigenvalue weighted by Crippen LogP contribution is -2.56. The minimum atomic E-state index is -0.210. The van der Waals surface area contributed by atoms with Crippen molar-refractivity contribution in [3.63, 3.8) is 0 Å². The first-order chi connectivity index (χ1) is 12.9. The number of urea groups is 1. The Morgan fingerprint density at radius 2 is 1.30 bits per heavy atom. The second kappa shape index (κ2) is 7.50. The lowest BCUT2D eigenvalue weighted by Gasteiger charge is -2.35. The van der Waals surface area contributed by atoms with Crippen molar-refractivity contribution in [2.24, 2.45) is 5.10 Å². The molecule has 2 amide bonds. The number of rotatable bonds is 4. The van der Waals surface area contributed by atoms with Crippen molar-refractivity contribution in [2.45, 2.75) is 39.8 Å². The molecule has 27 heavy (non-hydrogen) atoms. The first-order valence-electron chi connectivity index (χ1n) is 8.94. The zero-order chi connectivity index (χ0) is 19.6. The van der Waals surface area contributed by atoms with E-state index >= 15 is 0 Å². The largest absolute Gasteiger partial charge is 0.361 e. The molecule has 1 aliphatic rings. The van der Waals surface area contributed by atoms with Crippen LogP contribution in [0.15, 0.2) is 53.6 Å². The Labute approximate surface area is 159 Å². The third-order valence-corrected chi connectivity index (χ3v) is 4.27. The molecule has 0 aromatic heterocycles. The number of carbonyl (C=O) groups is 1. The van der Waals surface area contributed by atoms with E-state index in [0.717, 1.165) is 16.7 Å². The van der Waals surface area contributed by atoms with E-state index in [2.05, 4.69) is 16.6 Å². The Morgan fingerprint density at radius 3 is 1.78 bits per heavy atom. The summed E-state index contributed by atoms with van der Waals surface area (Å²) in [6.07, 6.45) is 0. The normalized spacial score (nSPS) is 14.3. The number of amidine groups is 1. The third-order valence-electron chi connectivity index (χ3n) is 4.27. The molecule has 2 aromatic carbocycles. The molecule has 0 saturated heterocycles. The van der Waals surface area contributed by atoms with Crippen LogP contribution in [0, 0.1) is 11.3 Å². The molecule has 1 aliphatic heterocycles. The van der Waals surface area contributed by atoms with Crippen molar-refractivity contribution in [1.82, 2.24) is 15.4 Å². The van der Waals surface area contributed by atoms with Crippen LogP contribution in [-0.2, 0) is 0 Å². The molecular weight excluding hydrogens is 338 g/mol. The van der Waals surface area contributed by atoms with E-state index < -0.39 is 0 Å². The van der Waals surface area contributed by atoms with Gasteiger partial charge in [0.15, 0.2) is 5.84 Å². The van der Waals surface area contributed by atoms with Gasteiger partial charge in [-0.15, -0.1) is 10.5 Å². The number of benzene rings is 2. The number of nitrogens with zero attached hydrogens (tertiary/aromatic N) is 5. The van der Waals surface area contributed by atoms with Crippen molar-refractivity contribution >= 4 is 11.9 Å². The maximum absolute atomic E-state index is 12.5. The first kappa shape index (κ1) is 18.5. The average Bonchev–Trinajstić information content (AvgIpc) is 2.68. The van der Waals surface area contributed by atoms with Crippen LogP contribution in [0.5, 0.6) is 0 Å². The Balaban J connectivity index is 1.90. The Bertz CT molecular complexity index is 892. The highest BCUT2D eigenvalue weighted by Crippen LogP contribution is 2.22. The second-order valence-electron chi connectivity index (χ2n) is 6.95. The molecule has 1 heterocycles. The van der Waals surface area contributed by atoms with Gasteiger partial charge in [0.05, 0.1) is 23.7 Å². The van der Waals surface area contributed by atoms with Gasteiger partial charge in [0.25, 0.3) is 0 Å². The summed E-state index contributed by atoms with van der Waals surface area (Å²) in [6.45, 7) is 7.71. The monoisotopic (exact) mass is 360 g/mol. The molecule has 1 radical (unpaired) electrons. The van der Waals surface area contributed by atoms with Gasteiger partial charge >= 0.3 is 6.03 Å². The van der Waals surface area contributed by atoms with Gasteiger partial charge in [-0.2, -0.15) is 5.26 Å². The summed E-state index contributed by atoms with van der Waals surface area (Å²) in [4.78, 5) is 12.5. The minimum absolute atomic E-state index is 0.0535. The standard InChI is InChI=1S/C21H22N5O/c1-14(2)25-21(27)26(15(3)4)24-20(23-25)19-11-9-18(10-12-19)17-7-5-16(13-22)6-8-17/h5-12,14-15H,1-4H3. The number of hydrogen-bond acceptors (Lipinski definition) is 3. The van der Waals surface area contributed by atoms with Crippen LogP contribution in [0.2, 0.25) is 0 Å². The molecular formula is C21H22N5O. The number of nitriles is 1. The minimum Gasteiger partial charge on any atom is -0.244 e. The molecule has 6 heteroatoms. The zero-order valence-electron chi connectivity index (χ0n) is 15.9. The molecule has 0 bridgehead atoms. The van der Waals surface area contributed by atoms with Crippen LogP contribution in [0.1, 0.15) is 38.8 Å². The molecule has 0 saturated carbocycles. The molecule has 0 aliphatic carbocycles. The number of hydrogen-bond donors (Lipinski definition) is 0. The third kappa shape index (κ3) is 3.77. The van der Waals surface area contributed by atoms with Gasteiger partial charge in [-0.3, -0.25) is 0 Å². The number of hydrazone groups is 1. The van der Waals surface area contributed by atoms with Gasteiger partial charge in [0, 0.05) is 5.56 Å². The SMILES string of the molecule is CC(C)N1[N]C(c2ccc(-c3ccc(C#N)cc3)cc2)=NN(C(C)C)C1=O. The first-order valence-corrected chi connectivity index (χ1v) is 8.94. The maximum atomic E-state index is 12.5. The predicted octanol–water partition coefficient (Wildman–Crippen LogP) is 3.96. The smallest absolute Gasteiger partial charge is 0.244 e. The van der Waals surface area contributed by atoms with Gasteiger partial charge in [0.1, 0.15) is 0 Å². The van der Waals surface area contributed by atoms with Crippen molar-refractivity contribution in [2.75, 3.05) is 0 Å². The van der Waals surface area contributed by atoms with Crippen molar-refractivity contribution in [3.05, 3.63) is 59.7 Å². The van der Waals surface area contributed by atoms with E-state index in [1.807, 2.05) is 64.1 Å². The summed E-state index contributed by atoms with van der Waals surface area (Å²) in [5, 5.41) is 16.3. The maximum Gasteiger partial charge on any atom is 0.361 e. The van der Waals surface area contributed by atoms with Crippen LogP contribution in [0.25, 0.3) is 11.1 Å². The average molecular weight is 360 g/mol. The summed E-state index contributed by atoms with van der Waals surface area (Å²) in [6, 6.07) is 17.1. The van der Waals surface area contributed by atoms with E-state index in [0.29, 0.717) is 11.4 Å². The zero-order valence-corrected chi connectivity index (χ0v) is 15.9. The number of carbonyl (C=O) groups excluding carboxylic acids is 1. The van der Waals surface area contributed by atoms with Crippen LogP contribution in [-0.4, -0.2) is 34.0 Å². The summed E-state index contributed by atoms with van der Waals surface area (Å²) >= 11 is 0. The predicted molar refractivity (Wildman–Crippen MR) is 105 cm³/mol. The molecule has 0 spiro atoms. The highest BCUT2D eigenvalue weighted by molar-refractivity contribution is 6.01. The lowest BCUT2D eigenvalue weighted by atomic mass is 10.0. The van der Waals surface area contributed by atoms with E-state index in [4.69, 9.17) is 5.26 Å². The molecule has 6 nitrogen and oxygen atoms in total. The topological polar surface area (TPSA) is 73.8 Å². The van der Waals surface area contributed by atoms with Crippen molar-refractivity contribution in [3.8, 4) is 17.2 Å². The molecule has 2 aromatic rings. The van der Waals surface area contributed by atoms with E-state index in [-0.39, 0.29) is 18.1 Å². The second-order valence-corrected chi connectivity index (χ2v) is 6.95. The summed E-state index contributed by atoms with van der Waals surface area (Å²) in [5.74, 6) is 0.517. The van der Waals surface area contributed by atoms with E-state index in [9.17, 15) is 4.79 Å². The van der Waals surface area contributed by atoms with Crippen LogP contribution < -0.4 is 5.43 Å². The van der Waals surface area contributed by atoms with Crippen molar-refractivity contribution in [1.29, 1.82) is 5.26 Å². The molecule has 0 fully saturated rings. The van der Waals surface area contributed by atoms with Crippen molar-refractivity contribution < 1.29 is 4.79 Å². The molecule has 0 unspecified atom stereocenters. The highest BCUT2D eigenvalue weighted by atomic mass is 16.2. The molecule has 3 rings (SSSR count). The number of amides is 2. The van der Waals surface area contributed by atoms with E-state index in [1.54, 1.807) is 12.1 Å². The summed E-state index contributed by atoms with van der Waals surface area (Å²) in [7, 11) is 0. The highest BCUT2D eigenvalue weighted by Gasteiger charge is 2.33. The van der Waals surface area contributed by atoms with Gasteiger partial charge in [-0.25, -0.2) is 14.8 Å². The molecule has 0 atom stereocenters. The van der Waals surface area contributed by atoms with Gasteiger partial charge in [-0.05, 0) is 51.0 Å². The Morgan fingerprint density at radius 1 is 0.815 bits per heavy atom. The van der Waals surface area contributed by atoms with Crippen LogP contribution >= 0.6 is 0 Å². The van der Waals surface area contributed by atoms with Gasteiger partial charge in [-0.1, -0.05) is 36.4 Å².